The Balaban J connectivity index is 1.62. The molecule has 1 aromatic carbocycles. The number of pyridine rings is 2. The number of rotatable bonds is 4. The van der Waals surface area contributed by atoms with Gasteiger partial charge in [-0.05, 0) is 54.3 Å². The van der Waals surface area contributed by atoms with Crippen LogP contribution in [0.15, 0.2) is 73.3 Å². The molecule has 31 heavy (non-hydrogen) atoms. The third-order valence-corrected chi connectivity index (χ3v) is 5.55. The Bertz CT molecular complexity index is 1400. The predicted molar refractivity (Wildman–Crippen MR) is 122 cm³/mol. The van der Waals surface area contributed by atoms with Crippen LogP contribution < -0.4 is 10.3 Å². The molecule has 5 nitrogen and oxygen atoms in total. The normalized spacial score (nSPS) is 11.2. The quantitative estimate of drug-likeness (QED) is 0.380. The van der Waals surface area contributed by atoms with Crippen LogP contribution in [0.2, 0.25) is 0 Å². The van der Waals surface area contributed by atoms with Crippen LogP contribution >= 0.6 is 0 Å². The molecule has 4 N–H and O–H groups in total. The largest absolute Gasteiger partial charge is 0.371 e. The molecule has 0 unspecified atom stereocenters. The minimum atomic E-state index is -0.167. The summed E-state index contributed by atoms with van der Waals surface area (Å²) in [5.41, 5.74) is 5.82. The van der Waals surface area contributed by atoms with Gasteiger partial charge >= 0.3 is 0 Å². The average Bonchev–Trinajstić information content (AvgIpc) is 3.03. The van der Waals surface area contributed by atoms with Crippen molar-refractivity contribution in [3.63, 3.8) is 0 Å². The van der Waals surface area contributed by atoms with Gasteiger partial charge in [0.2, 0.25) is 0 Å². The fourth-order valence-electron chi connectivity index (χ4n) is 4.07. The molecular weight excluding hydrogens is 389 g/mol. The summed E-state index contributed by atoms with van der Waals surface area (Å²) in [4.78, 5) is 14.6. The lowest BCUT2D eigenvalue weighted by Crippen LogP contribution is -2.06. The maximum absolute atomic E-state index is 13.9. The van der Waals surface area contributed by atoms with E-state index in [0.717, 1.165) is 44.4 Å². The highest BCUT2D eigenvalue weighted by Gasteiger charge is 2.14. The lowest BCUT2D eigenvalue weighted by Gasteiger charge is -2.06. The number of halogens is 1. The molecule has 0 radical (unpaired) electrons. The molecule has 0 saturated carbocycles. The fourth-order valence-corrected chi connectivity index (χ4v) is 4.07. The van der Waals surface area contributed by atoms with Gasteiger partial charge in [-0.15, -0.1) is 0 Å². The molecule has 0 spiro atoms. The average molecular weight is 412 g/mol. The van der Waals surface area contributed by atoms with Gasteiger partial charge in [0.15, 0.2) is 12.4 Å². The van der Waals surface area contributed by atoms with Crippen molar-refractivity contribution in [3.8, 4) is 11.1 Å². The van der Waals surface area contributed by atoms with E-state index in [2.05, 4.69) is 50.4 Å². The molecule has 0 amide bonds. The van der Waals surface area contributed by atoms with Crippen LogP contribution in [0.5, 0.6) is 0 Å². The van der Waals surface area contributed by atoms with Crippen LogP contribution in [0.1, 0.15) is 11.1 Å². The number of benzene rings is 1. The van der Waals surface area contributed by atoms with Gasteiger partial charge in [0, 0.05) is 41.3 Å². The van der Waals surface area contributed by atoms with Crippen LogP contribution in [0.3, 0.4) is 0 Å². The Morgan fingerprint density at radius 3 is 2.90 bits per heavy atom. The van der Waals surface area contributed by atoms with E-state index in [1.54, 1.807) is 12.3 Å². The number of aromatic nitrogens is 4. The van der Waals surface area contributed by atoms with Crippen molar-refractivity contribution in [3.05, 3.63) is 90.3 Å². The highest BCUT2D eigenvalue weighted by atomic mass is 19.1. The topological polar surface area (TPSA) is 70.6 Å². The Morgan fingerprint density at radius 1 is 1.10 bits per heavy atom. The molecular formula is C25H23FN5+. The Morgan fingerprint density at radius 2 is 2.00 bits per heavy atom. The van der Waals surface area contributed by atoms with E-state index >= 15 is 0 Å². The molecule has 0 atom stereocenters. The standard InChI is InChI=1S/C25H22FN5/c1-16-13-23(28-12-8-17-5-2-3-7-21(17)26)30-14-20-18-9-11-27-15-22(18)31-25-19(24(16)20)6-4-10-29-25/h2-7,9-11,13-15,28,30H,8,12H2,1H3,(H,29,31)/p+1. The molecule has 3 aromatic rings. The lowest BCUT2D eigenvalue weighted by molar-refractivity contribution is -0.376. The highest BCUT2D eigenvalue weighted by Crippen LogP contribution is 2.35. The number of fused-ring (bicyclic) bond motifs is 5. The van der Waals surface area contributed by atoms with Gasteiger partial charge in [-0.25, -0.2) is 14.4 Å². The van der Waals surface area contributed by atoms with Crippen molar-refractivity contribution >= 4 is 27.8 Å². The number of H-pyrrole nitrogens is 3. The first-order valence-electron chi connectivity index (χ1n) is 10.3. The van der Waals surface area contributed by atoms with Gasteiger partial charge in [0.05, 0.1) is 0 Å². The number of hydrogen-bond donors (Lipinski definition) is 3. The minimum Gasteiger partial charge on any atom is -0.371 e. The van der Waals surface area contributed by atoms with Gasteiger partial charge in [-0.2, -0.15) is 0 Å². The molecule has 2 aliphatic heterocycles. The molecule has 2 aliphatic rings. The molecule has 154 valence electrons. The summed E-state index contributed by atoms with van der Waals surface area (Å²) in [5.74, 6) is 0.712. The van der Waals surface area contributed by atoms with E-state index in [0.29, 0.717) is 18.5 Å². The summed E-state index contributed by atoms with van der Waals surface area (Å²) in [6.45, 7) is 2.72. The van der Waals surface area contributed by atoms with Crippen molar-refractivity contribution < 1.29 is 9.37 Å². The zero-order valence-electron chi connectivity index (χ0n) is 17.2. The van der Waals surface area contributed by atoms with Crippen molar-refractivity contribution in [2.75, 3.05) is 11.9 Å². The number of anilines is 1. The molecule has 0 fully saturated rings. The monoisotopic (exact) mass is 412 g/mol. The van der Waals surface area contributed by atoms with Gasteiger partial charge in [0.25, 0.3) is 0 Å². The Hall–Kier alpha value is -3.93. The van der Waals surface area contributed by atoms with Crippen LogP contribution in [0, 0.1) is 12.7 Å². The molecule has 0 bridgehead atoms. The molecule has 6 heteroatoms. The summed E-state index contributed by atoms with van der Waals surface area (Å²) in [7, 11) is 0. The smallest absolute Gasteiger partial charge is 0.191 e. The lowest BCUT2D eigenvalue weighted by atomic mass is 9.99. The SMILES string of the molecule is Cc1cc(NCCc2ccccc2F)[nH]cc2c3cc[nH+]cc3[nH]c3ncccc3c1-2. The number of nitrogens with zero attached hydrogens (tertiary/aromatic N) is 1. The first-order valence-corrected chi connectivity index (χ1v) is 10.3. The maximum Gasteiger partial charge on any atom is 0.191 e. The number of hydrogen-bond acceptors (Lipinski definition) is 2. The van der Waals surface area contributed by atoms with Gasteiger partial charge in [-0.1, -0.05) is 18.2 Å². The van der Waals surface area contributed by atoms with Crippen molar-refractivity contribution in [2.45, 2.75) is 13.3 Å². The van der Waals surface area contributed by atoms with Gasteiger partial charge < -0.3 is 15.3 Å². The van der Waals surface area contributed by atoms with E-state index < -0.39 is 0 Å². The van der Waals surface area contributed by atoms with Crippen LogP contribution in [-0.2, 0) is 6.42 Å². The van der Waals surface area contributed by atoms with E-state index in [4.69, 9.17) is 0 Å². The summed E-state index contributed by atoms with van der Waals surface area (Å²) >= 11 is 0. The van der Waals surface area contributed by atoms with E-state index in [9.17, 15) is 4.39 Å². The number of nitrogens with one attached hydrogen (secondary N) is 4. The first kappa shape index (κ1) is 19.1. The highest BCUT2D eigenvalue weighted by molar-refractivity contribution is 6.05. The second kappa shape index (κ2) is 8.07. The second-order valence-corrected chi connectivity index (χ2v) is 7.58. The summed E-state index contributed by atoms with van der Waals surface area (Å²) in [6.07, 6.45) is 8.29. The van der Waals surface area contributed by atoms with Crippen molar-refractivity contribution in [2.24, 2.45) is 0 Å². The summed E-state index contributed by atoms with van der Waals surface area (Å²) in [5, 5.41) is 5.54. The van der Waals surface area contributed by atoms with Crippen LogP contribution in [0.4, 0.5) is 10.2 Å². The minimum absolute atomic E-state index is 0.167. The fraction of sp³-hybridized carbons (Fsp3) is 0.120. The van der Waals surface area contributed by atoms with Crippen molar-refractivity contribution in [1.82, 2.24) is 15.0 Å². The summed E-state index contributed by atoms with van der Waals surface area (Å²) < 4.78 is 13.9. The van der Waals surface area contributed by atoms with Crippen LogP contribution in [0.25, 0.3) is 33.1 Å². The van der Waals surface area contributed by atoms with Crippen LogP contribution in [-0.4, -0.2) is 21.5 Å². The Labute approximate surface area is 179 Å². The third-order valence-electron chi connectivity index (χ3n) is 5.55. The third kappa shape index (κ3) is 3.68. The predicted octanol–water partition coefficient (Wildman–Crippen LogP) is 5.19. The maximum atomic E-state index is 13.9. The van der Waals surface area contributed by atoms with Gasteiger partial charge in [0.1, 0.15) is 22.8 Å². The molecule has 0 aliphatic carbocycles. The second-order valence-electron chi connectivity index (χ2n) is 7.58. The van der Waals surface area contributed by atoms with Gasteiger partial charge in [-0.3, -0.25) is 0 Å². The number of aromatic amines is 3. The molecule has 2 aromatic heterocycles. The van der Waals surface area contributed by atoms with E-state index in [1.807, 2.05) is 36.8 Å². The number of aryl methyl sites for hydroxylation is 1. The first-order chi connectivity index (χ1) is 15.2. The van der Waals surface area contributed by atoms with E-state index in [1.165, 1.54) is 6.07 Å². The zero-order chi connectivity index (χ0) is 21.2. The summed E-state index contributed by atoms with van der Waals surface area (Å²) in [6, 6.07) is 15.1. The molecule has 4 heterocycles. The Kier molecular flexibility index (Phi) is 4.96. The molecule has 0 saturated heterocycles. The van der Waals surface area contributed by atoms with E-state index in [-0.39, 0.29) is 5.82 Å². The van der Waals surface area contributed by atoms with Crippen molar-refractivity contribution in [1.29, 1.82) is 0 Å². The molecule has 5 rings (SSSR count). The zero-order valence-corrected chi connectivity index (χ0v) is 17.2.